The molecule has 0 bridgehead atoms. The van der Waals surface area contributed by atoms with Crippen molar-refractivity contribution in [1.29, 1.82) is 0 Å². The zero-order valence-corrected chi connectivity index (χ0v) is 16.5. The van der Waals surface area contributed by atoms with Crippen molar-refractivity contribution in [2.24, 2.45) is 0 Å². The molecule has 0 radical (unpaired) electrons. The number of rotatable bonds is 7. The molecular formula is C20H23Cl2N3O2. The summed E-state index contributed by atoms with van der Waals surface area (Å²) in [5.74, 6) is 0.241. The number of piperazine rings is 1. The summed E-state index contributed by atoms with van der Waals surface area (Å²) >= 11 is 11.9. The minimum Gasteiger partial charge on any atom is -0.482 e. The zero-order valence-electron chi connectivity index (χ0n) is 15.0. The molecule has 0 atom stereocenters. The molecule has 5 nitrogen and oxygen atoms in total. The smallest absolute Gasteiger partial charge is 0.257 e. The number of hydrogen-bond donors (Lipinski definition) is 1. The molecule has 0 saturated carbocycles. The molecule has 1 amide bonds. The van der Waals surface area contributed by atoms with Gasteiger partial charge in [-0.25, -0.2) is 0 Å². The van der Waals surface area contributed by atoms with Gasteiger partial charge in [0, 0.05) is 56.0 Å². The molecule has 1 N–H and O–H groups in total. The number of anilines is 1. The first kappa shape index (κ1) is 19.8. The van der Waals surface area contributed by atoms with E-state index in [0.29, 0.717) is 22.3 Å². The van der Waals surface area contributed by atoms with E-state index in [1.54, 1.807) is 18.2 Å². The quantitative estimate of drug-likeness (QED) is 0.764. The number of carbonyl (C=O) groups is 1. The Morgan fingerprint density at radius 3 is 2.52 bits per heavy atom. The van der Waals surface area contributed by atoms with E-state index < -0.39 is 0 Å². The summed E-state index contributed by atoms with van der Waals surface area (Å²) in [6.45, 7) is 5.30. The first-order valence-electron chi connectivity index (χ1n) is 8.99. The van der Waals surface area contributed by atoms with E-state index >= 15 is 0 Å². The Labute approximate surface area is 169 Å². The molecule has 0 unspecified atom stereocenters. The van der Waals surface area contributed by atoms with Crippen molar-refractivity contribution < 1.29 is 9.53 Å². The normalized spacial score (nSPS) is 14.8. The monoisotopic (exact) mass is 407 g/mol. The number of para-hydroxylation sites is 1. The van der Waals surface area contributed by atoms with Gasteiger partial charge in [-0.15, -0.1) is 0 Å². The summed E-state index contributed by atoms with van der Waals surface area (Å²) in [5, 5.41) is 3.83. The van der Waals surface area contributed by atoms with Gasteiger partial charge >= 0.3 is 0 Å². The second-order valence-corrected chi connectivity index (χ2v) is 7.22. The van der Waals surface area contributed by atoms with Crippen LogP contribution in [-0.2, 0) is 4.79 Å². The maximum Gasteiger partial charge on any atom is 0.257 e. The highest BCUT2D eigenvalue weighted by Gasteiger charge is 2.16. The van der Waals surface area contributed by atoms with Crippen molar-refractivity contribution >= 4 is 34.8 Å². The molecule has 2 aromatic carbocycles. The van der Waals surface area contributed by atoms with Crippen molar-refractivity contribution in [1.82, 2.24) is 10.2 Å². The molecule has 1 fully saturated rings. The van der Waals surface area contributed by atoms with E-state index in [1.807, 2.05) is 6.07 Å². The number of amides is 1. The summed E-state index contributed by atoms with van der Waals surface area (Å²) in [7, 11) is 0. The van der Waals surface area contributed by atoms with Gasteiger partial charge in [-0.1, -0.05) is 41.4 Å². The summed E-state index contributed by atoms with van der Waals surface area (Å²) in [6, 6.07) is 15.4. The van der Waals surface area contributed by atoms with E-state index in [1.165, 1.54) is 5.69 Å². The number of hydrogen-bond acceptors (Lipinski definition) is 4. The Morgan fingerprint density at radius 1 is 1.04 bits per heavy atom. The van der Waals surface area contributed by atoms with Gasteiger partial charge in [-0.2, -0.15) is 0 Å². The van der Waals surface area contributed by atoms with Crippen LogP contribution in [0.2, 0.25) is 10.0 Å². The Kier molecular flexibility index (Phi) is 7.21. The topological polar surface area (TPSA) is 44.8 Å². The number of ether oxygens (including phenoxy) is 1. The molecule has 7 heteroatoms. The number of nitrogens with one attached hydrogen (secondary N) is 1. The second kappa shape index (κ2) is 9.83. The molecule has 0 aliphatic carbocycles. The van der Waals surface area contributed by atoms with Gasteiger partial charge in [0.1, 0.15) is 5.75 Å². The standard InChI is InChI=1S/C20H23Cl2N3O2/c21-16-6-7-18(22)19(14-16)27-15-20(26)23-8-9-24-10-12-25(13-11-24)17-4-2-1-3-5-17/h1-7,14H,8-13,15H2,(H,23,26). The summed E-state index contributed by atoms with van der Waals surface area (Å²) in [5.41, 5.74) is 1.27. The van der Waals surface area contributed by atoms with Gasteiger partial charge in [0.05, 0.1) is 5.02 Å². The lowest BCUT2D eigenvalue weighted by Crippen LogP contribution is -2.48. The van der Waals surface area contributed by atoms with Crippen LogP contribution < -0.4 is 15.0 Å². The van der Waals surface area contributed by atoms with Crippen LogP contribution in [0.15, 0.2) is 48.5 Å². The molecule has 2 aromatic rings. The molecule has 144 valence electrons. The third-order valence-corrected chi connectivity index (χ3v) is 5.04. The van der Waals surface area contributed by atoms with Gasteiger partial charge in [0.2, 0.25) is 0 Å². The van der Waals surface area contributed by atoms with Crippen LogP contribution in [0.25, 0.3) is 0 Å². The maximum atomic E-state index is 12.0. The predicted octanol–water partition coefficient (Wildman–Crippen LogP) is 3.31. The van der Waals surface area contributed by atoms with Crippen molar-refractivity contribution in [2.45, 2.75) is 0 Å². The van der Waals surface area contributed by atoms with Crippen molar-refractivity contribution in [3.8, 4) is 5.75 Å². The van der Waals surface area contributed by atoms with Crippen LogP contribution in [0.4, 0.5) is 5.69 Å². The molecule has 0 spiro atoms. The van der Waals surface area contributed by atoms with E-state index in [4.69, 9.17) is 27.9 Å². The Bertz CT molecular complexity index is 750. The summed E-state index contributed by atoms with van der Waals surface area (Å²) in [4.78, 5) is 16.7. The molecule has 0 aromatic heterocycles. The lowest BCUT2D eigenvalue weighted by molar-refractivity contribution is -0.123. The van der Waals surface area contributed by atoms with Crippen LogP contribution in [0.3, 0.4) is 0 Å². The first-order chi connectivity index (χ1) is 13.1. The second-order valence-electron chi connectivity index (χ2n) is 6.38. The summed E-state index contributed by atoms with van der Waals surface area (Å²) in [6.07, 6.45) is 0. The van der Waals surface area contributed by atoms with Crippen LogP contribution >= 0.6 is 23.2 Å². The van der Waals surface area contributed by atoms with Crippen molar-refractivity contribution in [3.05, 3.63) is 58.6 Å². The minimum absolute atomic E-state index is 0.0815. The molecule has 1 heterocycles. The Balaban J connectivity index is 1.33. The van der Waals surface area contributed by atoms with Crippen molar-refractivity contribution in [2.75, 3.05) is 50.8 Å². The SMILES string of the molecule is O=C(COc1cc(Cl)ccc1Cl)NCCN1CCN(c2ccccc2)CC1. The van der Waals surface area contributed by atoms with Gasteiger partial charge in [0.15, 0.2) is 6.61 Å². The molecule has 1 aliphatic heterocycles. The number of halogens is 2. The Morgan fingerprint density at radius 2 is 1.78 bits per heavy atom. The van der Waals surface area contributed by atoms with E-state index in [0.717, 1.165) is 32.7 Å². The highest BCUT2D eigenvalue weighted by molar-refractivity contribution is 6.34. The summed E-state index contributed by atoms with van der Waals surface area (Å²) < 4.78 is 5.44. The fraction of sp³-hybridized carbons (Fsp3) is 0.350. The molecular weight excluding hydrogens is 385 g/mol. The average Bonchev–Trinajstić information content (AvgIpc) is 2.70. The molecule has 1 aliphatic rings. The fourth-order valence-corrected chi connectivity index (χ4v) is 3.34. The van der Waals surface area contributed by atoms with Gasteiger partial charge in [0.25, 0.3) is 5.91 Å². The van der Waals surface area contributed by atoms with Gasteiger partial charge in [-0.05, 0) is 24.3 Å². The Hall–Kier alpha value is -1.95. The predicted molar refractivity (Wildman–Crippen MR) is 110 cm³/mol. The van der Waals surface area contributed by atoms with Crippen LogP contribution in [0, 0.1) is 0 Å². The molecule has 27 heavy (non-hydrogen) atoms. The lowest BCUT2D eigenvalue weighted by Gasteiger charge is -2.36. The number of nitrogens with zero attached hydrogens (tertiary/aromatic N) is 2. The maximum absolute atomic E-state index is 12.0. The third-order valence-electron chi connectivity index (χ3n) is 4.50. The van der Waals surface area contributed by atoms with E-state index in [-0.39, 0.29) is 12.5 Å². The number of benzene rings is 2. The lowest BCUT2D eigenvalue weighted by atomic mass is 10.2. The molecule has 1 saturated heterocycles. The van der Waals surface area contributed by atoms with Gasteiger partial charge in [-0.3, -0.25) is 9.69 Å². The van der Waals surface area contributed by atoms with E-state index in [9.17, 15) is 4.79 Å². The van der Waals surface area contributed by atoms with E-state index in [2.05, 4.69) is 39.4 Å². The van der Waals surface area contributed by atoms with Crippen molar-refractivity contribution in [3.63, 3.8) is 0 Å². The van der Waals surface area contributed by atoms with Crippen LogP contribution in [0.5, 0.6) is 5.75 Å². The highest BCUT2D eigenvalue weighted by atomic mass is 35.5. The largest absolute Gasteiger partial charge is 0.482 e. The average molecular weight is 408 g/mol. The molecule has 3 rings (SSSR count). The first-order valence-corrected chi connectivity index (χ1v) is 9.74. The minimum atomic E-state index is -0.172. The third kappa shape index (κ3) is 6.03. The zero-order chi connectivity index (χ0) is 19.1. The highest BCUT2D eigenvalue weighted by Crippen LogP contribution is 2.27. The number of carbonyl (C=O) groups excluding carboxylic acids is 1. The van der Waals surface area contributed by atoms with Crippen LogP contribution in [0.1, 0.15) is 0 Å². The fourth-order valence-electron chi connectivity index (χ4n) is 3.00. The van der Waals surface area contributed by atoms with Gasteiger partial charge < -0.3 is 15.0 Å². The van der Waals surface area contributed by atoms with Crippen LogP contribution in [-0.4, -0.2) is 56.7 Å².